The van der Waals surface area contributed by atoms with E-state index in [0.717, 1.165) is 6.07 Å². The van der Waals surface area contributed by atoms with Gasteiger partial charge in [-0.2, -0.15) is 0 Å². The van der Waals surface area contributed by atoms with Crippen LogP contribution in [0.4, 0.5) is 8.78 Å². The van der Waals surface area contributed by atoms with Crippen molar-refractivity contribution in [1.82, 2.24) is 5.32 Å². The molecule has 1 atom stereocenters. The van der Waals surface area contributed by atoms with Crippen LogP contribution in [0.2, 0.25) is 0 Å². The predicted octanol–water partition coefficient (Wildman–Crippen LogP) is 2.17. The number of halogens is 2. The van der Waals surface area contributed by atoms with Crippen LogP contribution >= 0.6 is 0 Å². The normalized spacial score (nSPS) is 12.2. The number of aliphatic hydroxyl groups excluding tert-OH is 1. The third-order valence-corrected chi connectivity index (χ3v) is 2.92. The highest BCUT2D eigenvalue weighted by Gasteiger charge is 2.09. The average molecular weight is 271 g/mol. The van der Waals surface area contributed by atoms with E-state index in [1.807, 2.05) is 6.92 Å². The molecule has 0 spiro atoms. The van der Waals surface area contributed by atoms with Gasteiger partial charge in [-0.1, -0.05) is 19.1 Å². The van der Waals surface area contributed by atoms with Crippen molar-refractivity contribution in [3.63, 3.8) is 0 Å². The summed E-state index contributed by atoms with van der Waals surface area (Å²) in [5, 5.41) is 11.9. The largest absolute Gasteiger partial charge is 0.393 e. The van der Waals surface area contributed by atoms with E-state index in [2.05, 4.69) is 5.32 Å². The lowest BCUT2D eigenvalue weighted by Crippen LogP contribution is -2.27. The van der Waals surface area contributed by atoms with Gasteiger partial charge in [-0.3, -0.25) is 4.79 Å². The lowest BCUT2D eigenvalue weighted by molar-refractivity contribution is -0.121. The van der Waals surface area contributed by atoms with Crippen LogP contribution in [0, 0.1) is 11.6 Å². The Morgan fingerprint density at radius 2 is 2.16 bits per heavy atom. The second kappa shape index (κ2) is 7.84. The molecule has 0 aromatic heterocycles. The number of aliphatic hydroxyl groups is 1. The zero-order chi connectivity index (χ0) is 14.3. The number of benzene rings is 1. The number of hydrogen-bond donors (Lipinski definition) is 2. The highest BCUT2D eigenvalue weighted by atomic mass is 19.2. The van der Waals surface area contributed by atoms with Crippen LogP contribution in [0.25, 0.3) is 0 Å². The monoisotopic (exact) mass is 271 g/mol. The Balaban J connectivity index is 2.32. The highest BCUT2D eigenvalue weighted by molar-refractivity contribution is 5.76. The summed E-state index contributed by atoms with van der Waals surface area (Å²) in [6.45, 7) is 2.25. The summed E-state index contributed by atoms with van der Waals surface area (Å²) < 4.78 is 26.2. The molecule has 0 aliphatic rings. The van der Waals surface area contributed by atoms with Crippen molar-refractivity contribution in [2.45, 2.75) is 38.7 Å². The molecule has 1 rings (SSSR count). The maximum Gasteiger partial charge on any atom is 0.220 e. The van der Waals surface area contributed by atoms with Crippen molar-refractivity contribution in [3.05, 3.63) is 35.4 Å². The lowest BCUT2D eigenvalue weighted by atomic mass is 10.1. The van der Waals surface area contributed by atoms with Crippen molar-refractivity contribution in [2.75, 3.05) is 6.54 Å². The van der Waals surface area contributed by atoms with E-state index in [1.165, 1.54) is 12.1 Å². The molecule has 19 heavy (non-hydrogen) atoms. The maximum absolute atomic E-state index is 13.3. The summed E-state index contributed by atoms with van der Waals surface area (Å²) in [6.07, 6.45) is 0.982. The molecule has 0 bridgehead atoms. The Bertz CT molecular complexity index is 424. The van der Waals surface area contributed by atoms with Gasteiger partial charge >= 0.3 is 0 Å². The molecule has 0 aliphatic heterocycles. The minimum Gasteiger partial charge on any atom is -0.393 e. The van der Waals surface area contributed by atoms with Crippen LogP contribution in [0.3, 0.4) is 0 Å². The molecule has 0 saturated heterocycles. The van der Waals surface area contributed by atoms with Gasteiger partial charge in [-0.05, 0) is 30.9 Å². The lowest BCUT2D eigenvalue weighted by Gasteiger charge is -2.09. The van der Waals surface area contributed by atoms with Gasteiger partial charge < -0.3 is 10.4 Å². The number of carbonyl (C=O) groups excluding carboxylic acids is 1. The van der Waals surface area contributed by atoms with Crippen LogP contribution in [-0.2, 0) is 11.2 Å². The van der Waals surface area contributed by atoms with E-state index in [1.54, 1.807) is 0 Å². The molecule has 106 valence electrons. The number of nitrogens with one attached hydrogen (secondary N) is 1. The van der Waals surface area contributed by atoms with Crippen LogP contribution in [0.5, 0.6) is 0 Å². The van der Waals surface area contributed by atoms with Crippen LogP contribution in [-0.4, -0.2) is 23.7 Å². The van der Waals surface area contributed by atoms with Crippen molar-refractivity contribution < 1.29 is 18.7 Å². The number of carbonyl (C=O) groups is 1. The van der Waals surface area contributed by atoms with E-state index in [-0.39, 0.29) is 24.3 Å². The standard InChI is InChI=1S/C14H19F2NO2/c1-2-11(18)8-9-17-13(19)7-6-10-4-3-5-12(15)14(10)16/h3-5,11,18H,2,6-9H2,1H3,(H,17,19). The third-order valence-electron chi connectivity index (χ3n) is 2.92. The van der Waals surface area contributed by atoms with Crippen LogP contribution in [0.15, 0.2) is 18.2 Å². The van der Waals surface area contributed by atoms with E-state index in [9.17, 15) is 18.7 Å². The predicted molar refractivity (Wildman–Crippen MR) is 68.6 cm³/mol. The highest BCUT2D eigenvalue weighted by Crippen LogP contribution is 2.13. The topological polar surface area (TPSA) is 49.3 Å². The van der Waals surface area contributed by atoms with Gasteiger partial charge in [0, 0.05) is 13.0 Å². The Morgan fingerprint density at radius 3 is 2.84 bits per heavy atom. The van der Waals surface area contributed by atoms with Gasteiger partial charge in [0.25, 0.3) is 0 Å². The Labute approximate surface area is 111 Å². The third kappa shape index (κ3) is 5.34. The molecule has 0 saturated carbocycles. The Hall–Kier alpha value is -1.49. The fourth-order valence-electron chi connectivity index (χ4n) is 1.66. The average Bonchev–Trinajstić information content (AvgIpc) is 2.40. The summed E-state index contributed by atoms with van der Waals surface area (Å²) >= 11 is 0. The number of rotatable bonds is 7. The molecule has 3 nitrogen and oxygen atoms in total. The molecule has 2 N–H and O–H groups in total. The number of amides is 1. The number of aryl methyl sites for hydroxylation is 1. The maximum atomic E-state index is 13.3. The summed E-state index contributed by atoms with van der Waals surface area (Å²) in [7, 11) is 0. The fraction of sp³-hybridized carbons (Fsp3) is 0.500. The molecule has 1 unspecified atom stereocenters. The van der Waals surface area contributed by atoms with Crippen LogP contribution in [0.1, 0.15) is 31.7 Å². The molecule has 1 aromatic carbocycles. The van der Waals surface area contributed by atoms with Gasteiger partial charge in [0.2, 0.25) is 5.91 Å². The molecule has 0 heterocycles. The van der Waals surface area contributed by atoms with E-state index < -0.39 is 17.7 Å². The van der Waals surface area contributed by atoms with E-state index in [4.69, 9.17) is 0 Å². The fourth-order valence-corrected chi connectivity index (χ4v) is 1.66. The summed E-state index contributed by atoms with van der Waals surface area (Å²) in [6, 6.07) is 3.93. The first-order chi connectivity index (χ1) is 9.04. The second-order valence-corrected chi connectivity index (χ2v) is 4.41. The molecular formula is C14H19F2NO2. The first kappa shape index (κ1) is 15.6. The Morgan fingerprint density at radius 1 is 1.42 bits per heavy atom. The smallest absolute Gasteiger partial charge is 0.220 e. The van der Waals surface area contributed by atoms with Crippen molar-refractivity contribution in [3.8, 4) is 0 Å². The van der Waals surface area contributed by atoms with Gasteiger partial charge in [-0.15, -0.1) is 0 Å². The first-order valence-corrected chi connectivity index (χ1v) is 6.42. The molecule has 5 heteroatoms. The molecule has 1 amide bonds. The van der Waals surface area contributed by atoms with Gasteiger partial charge in [-0.25, -0.2) is 8.78 Å². The minimum absolute atomic E-state index is 0.0998. The molecule has 0 radical (unpaired) electrons. The molecule has 1 aromatic rings. The van der Waals surface area contributed by atoms with Crippen LogP contribution < -0.4 is 5.32 Å². The number of hydrogen-bond acceptors (Lipinski definition) is 2. The van der Waals surface area contributed by atoms with Crippen molar-refractivity contribution >= 4 is 5.91 Å². The zero-order valence-electron chi connectivity index (χ0n) is 11.0. The Kier molecular flexibility index (Phi) is 6.42. The minimum atomic E-state index is -0.899. The summed E-state index contributed by atoms with van der Waals surface area (Å²) in [5.41, 5.74) is 0.198. The van der Waals surface area contributed by atoms with E-state index in [0.29, 0.717) is 19.4 Å². The quantitative estimate of drug-likeness (QED) is 0.798. The molecule has 0 fully saturated rings. The zero-order valence-corrected chi connectivity index (χ0v) is 11.0. The summed E-state index contributed by atoms with van der Waals surface area (Å²) in [4.78, 5) is 11.5. The van der Waals surface area contributed by atoms with Gasteiger partial charge in [0.05, 0.1) is 6.10 Å². The van der Waals surface area contributed by atoms with Gasteiger partial charge in [0.1, 0.15) is 0 Å². The first-order valence-electron chi connectivity index (χ1n) is 6.42. The van der Waals surface area contributed by atoms with Gasteiger partial charge in [0.15, 0.2) is 11.6 Å². The van der Waals surface area contributed by atoms with Crippen molar-refractivity contribution in [2.24, 2.45) is 0 Å². The molecular weight excluding hydrogens is 252 g/mol. The summed E-state index contributed by atoms with van der Waals surface area (Å²) in [5.74, 6) is -2.02. The van der Waals surface area contributed by atoms with E-state index >= 15 is 0 Å². The van der Waals surface area contributed by atoms with Crippen molar-refractivity contribution in [1.29, 1.82) is 0 Å². The molecule has 0 aliphatic carbocycles. The second-order valence-electron chi connectivity index (χ2n) is 4.41. The SMILES string of the molecule is CCC(O)CCNC(=O)CCc1cccc(F)c1F.